The number of likely N-dealkylation sites (N-methyl/N-ethyl adjacent to an activating group) is 1. The molecule has 0 unspecified atom stereocenters. The number of rotatable bonds is 4. The van der Waals surface area contributed by atoms with E-state index in [0.717, 1.165) is 55.2 Å². The smallest absolute Gasteiger partial charge is 0.281 e. The lowest BCUT2D eigenvalue weighted by atomic mass is 10.2. The number of nitrogens with zero attached hydrogens (tertiary/aromatic N) is 5. The number of piperazine rings is 1. The molecule has 1 fully saturated rings. The fourth-order valence-corrected chi connectivity index (χ4v) is 4.57. The first-order valence-electron chi connectivity index (χ1n) is 10.6. The molecule has 1 saturated heterocycles. The summed E-state index contributed by atoms with van der Waals surface area (Å²) in [6.07, 6.45) is 1.74. The van der Waals surface area contributed by atoms with Gasteiger partial charge in [0.2, 0.25) is 5.91 Å². The molecule has 1 aliphatic rings. The number of aryl methyl sites for hydroxylation is 2. The monoisotopic (exact) mass is 407 g/mol. The van der Waals surface area contributed by atoms with Crippen molar-refractivity contribution in [2.75, 3.05) is 32.7 Å². The number of amides is 1. The average Bonchev–Trinajstić information content (AvgIpc) is 3.04. The Balaban J connectivity index is 1.72. The Morgan fingerprint density at radius 2 is 1.73 bits per heavy atom. The lowest BCUT2D eigenvalue weighted by molar-refractivity contribution is -0.136. The first-order chi connectivity index (χ1) is 14.4. The van der Waals surface area contributed by atoms with Gasteiger partial charge in [0.05, 0.1) is 17.3 Å². The van der Waals surface area contributed by atoms with E-state index in [9.17, 15) is 9.59 Å². The third-order valence-electron chi connectivity index (χ3n) is 6.33. The molecule has 0 bridgehead atoms. The maximum atomic E-state index is 13.3. The van der Waals surface area contributed by atoms with Gasteiger partial charge in [-0.3, -0.25) is 9.59 Å². The summed E-state index contributed by atoms with van der Waals surface area (Å²) in [7, 11) is 0. The molecule has 0 radical (unpaired) electrons. The van der Waals surface area contributed by atoms with Crippen molar-refractivity contribution in [2.45, 2.75) is 33.7 Å². The van der Waals surface area contributed by atoms with Crippen LogP contribution >= 0.6 is 0 Å². The molecule has 2 aromatic heterocycles. The second-order valence-corrected chi connectivity index (χ2v) is 7.96. The predicted octanol–water partition coefficient (Wildman–Crippen LogP) is 2.53. The van der Waals surface area contributed by atoms with Crippen molar-refractivity contribution in [1.29, 1.82) is 0 Å². The molecule has 158 valence electrons. The maximum Gasteiger partial charge on any atom is 0.281 e. The number of para-hydroxylation sites is 1. The van der Waals surface area contributed by atoms with Crippen LogP contribution in [0.1, 0.15) is 31.3 Å². The van der Waals surface area contributed by atoms with Gasteiger partial charge in [-0.05, 0) is 39.4 Å². The van der Waals surface area contributed by atoms with Crippen LogP contribution < -0.4 is 5.56 Å². The molecule has 4 rings (SSSR count). The van der Waals surface area contributed by atoms with E-state index < -0.39 is 0 Å². The van der Waals surface area contributed by atoms with Crippen molar-refractivity contribution in [3.05, 3.63) is 58.3 Å². The molecular formula is C23H29N5O2. The summed E-state index contributed by atoms with van der Waals surface area (Å²) in [5.74, 6) is 0.105. The molecule has 1 aliphatic heterocycles. The minimum absolute atomic E-state index is 0.105. The van der Waals surface area contributed by atoms with E-state index in [2.05, 4.69) is 16.9 Å². The van der Waals surface area contributed by atoms with Gasteiger partial charge in [-0.1, -0.05) is 25.1 Å². The van der Waals surface area contributed by atoms with E-state index in [1.807, 2.05) is 60.6 Å². The number of fused-ring (bicyclic) bond motifs is 1. The van der Waals surface area contributed by atoms with Crippen LogP contribution in [0.2, 0.25) is 0 Å². The SMILES string of the molecule is CCN1CCN(C(=O)[C@@H](C)n2c(C)c3cnn(-c4ccccc4)c(=O)c3c2C)CC1. The van der Waals surface area contributed by atoms with Crippen LogP contribution in [0.3, 0.4) is 0 Å². The van der Waals surface area contributed by atoms with Crippen molar-refractivity contribution in [1.82, 2.24) is 24.1 Å². The maximum absolute atomic E-state index is 13.3. The summed E-state index contributed by atoms with van der Waals surface area (Å²) < 4.78 is 3.42. The fraction of sp³-hybridized carbons (Fsp3) is 0.435. The number of benzene rings is 1. The van der Waals surface area contributed by atoms with Gasteiger partial charge in [0.15, 0.2) is 0 Å². The lowest BCUT2D eigenvalue weighted by Crippen LogP contribution is -2.50. The van der Waals surface area contributed by atoms with E-state index in [0.29, 0.717) is 5.39 Å². The molecule has 1 amide bonds. The summed E-state index contributed by atoms with van der Waals surface area (Å²) in [5, 5.41) is 5.83. The summed E-state index contributed by atoms with van der Waals surface area (Å²) in [6, 6.07) is 9.04. The Morgan fingerprint density at radius 3 is 2.37 bits per heavy atom. The van der Waals surface area contributed by atoms with E-state index in [4.69, 9.17) is 0 Å². The largest absolute Gasteiger partial charge is 0.338 e. The highest BCUT2D eigenvalue weighted by atomic mass is 16.2. The van der Waals surface area contributed by atoms with E-state index in [1.165, 1.54) is 4.68 Å². The van der Waals surface area contributed by atoms with Gasteiger partial charge in [-0.25, -0.2) is 0 Å². The molecule has 0 spiro atoms. The summed E-state index contributed by atoms with van der Waals surface area (Å²) in [5.41, 5.74) is 2.29. The topological polar surface area (TPSA) is 63.4 Å². The first-order valence-corrected chi connectivity index (χ1v) is 10.6. The van der Waals surface area contributed by atoms with Crippen LogP contribution in [0.5, 0.6) is 0 Å². The van der Waals surface area contributed by atoms with Gasteiger partial charge in [0, 0.05) is 43.0 Å². The molecule has 3 aromatic rings. The Bertz CT molecular complexity index is 1120. The molecule has 0 saturated carbocycles. The van der Waals surface area contributed by atoms with Crippen LogP contribution in [-0.2, 0) is 4.79 Å². The zero-order chi connectivity index (χ0) is 21.4. The Hall–Kier alpha value is -2.93. The predicted molar refractivity (Wildman–Crippen MR) is 118 cm³/mol. The van der Waals surface area contributed by atoms with Crippen molar-refractivity contribution < 1.29 is 4.79 Å². The third kappa shape index (κ3) is 3.33. The normalized spacial score (nSPS) is 16.2. The van der Waals surface area contributed by atoms with E-state index in [1.54, 1.807) is 6.20 Å². The number of carbonyl (C=O) groups excluding carboxylic acids is 1. The van der Waals surface area contributed by atoms with Gasteiger partial charge in [0.25, 0.3) is 5.56 Å². The molecule has 7 nitrogen and oxygen atoms in total. The minimum Gasteiger partial charge on any atom is -0.338 e. The summed E-state index contributed by atoms with van der Waals surface area (Å²) >= 11 is 0. The molecule has 1 atom stereocenters. The van der Waals surface area contributed by atoms with Crippen molar-refractivity contribution in [3.63, 3.8) is 0 Å². The third-order valence-corrected chi connectivity index (χ3v) is 6.33. The first kappa shape index (κ1) is 20.3. The van der Waals surface area contributed by atoms with Gasteiger partial charge in [0.1, 0.15) is 6.04 Å². The highest BCUT2D eigenvalue weighted by molar-refractivity contribution is 5.89. The highest BCUT2D eigenvalue weighted by Crippen LogP contribution is 2.27. The van der Waals surface area contributed by atoms with Crippen molar-refractivity contribution in [2.24, 2.45) is 0 Å². The van der Waals surface area contributed by atoms with Crippen LogP contribution in [0.15, 0.2) is 41.3 Å². The molecule has 30 heavy (non-hydrogen) atoms. The zero-order valence-electron chi connectivity index (χ0n) is 18.1. The number of aromatic nitrogens is 3. The second-order valence-electron chi connectivity index (χ2n) is 7.96. The average molecular weight is 408 g/mol. The van der Waals surface area contributed by atoms with E-state index in [-0.39, 0.29) is 17.5 Å². The summed E-state index contributed by atoms with van der Waals surface area (Å²) in [6.45, 7) is 12.3. The molecule has 1 aromatic carbocycles. The molecule has 7 heteroatoms. The summed E-state index contributed by atoms with van der Waals surface area (Å²) in [4.78, 5) is 30.8. The lowest BCUT2D eigenvalue weighted by Gasteiger charge is -2.36. The van der Waals surface area contributed by atoms with Gasteiger partial charge < -0.3 is 14.4 Å². The highest BCUT2D eigenvalue weighted by Gasteiger charge is 2.28. The van der Waals surface area contributed by atoms with Crippen LogP contribution in [-0.4, -0.2) is 62.8 Å². The van der Waals surface area contributed by atoms with Crippen LogP contribution in [0.25, 0.3) is 16.5 Å². The van der Waals surface area contributed by atoms with Gasteiger partial charge in [-0.15, -0.1) is 0 Å². The Morgan fingerprint density at radius 1 is 1.07 bits per heavy atom. The number of hydrogen-bond acceptors (Lipinski definition) is 4. The second kappa shape index (κ2) is 8.07. The van der Waals surface area contributed by atoms with Crippen molar-refractivity contribution >= 4 is 16.7 Å². The molecule has 3 heterocycles. The number of hydrogen-bond donors (Lipinski definition) is 0. The quantitative estimate of drug-likeness (QED) is 0.667. The van der Waals surface area contributed by atoms with E-state index >= 15 is 0 Å². The Kier molecular flexibility index (Phi) is 5.47. The minimum atomic E-state index is -0.366. The standard InChI is InChI=1S/C23H29N5O2/c1-5-25-11-13-26(14-12-25)22(29)18(4)27-16(2)20-15-24-28(19-9-7-6-8-10-19)23(30)21(20)17(27)3/h6-10,15,18H,5,11-14H2,1-4H3/t18-/m1/s1. The zero-order valence-corrected chi connectivity index (χ0v) is 18.1. The molecule has 0 N–H and O–H groups in total. The van der Waals surface area contributed by atoms with Gasteiger partial charge >= 0.3 is 0 Å². The molecular weight excluding hydrogens is 378 g/mol. The van der Waals surface area contributed by atoms with Crippen molar-refractivity contribution in [3.8, 4) is 5.69 Å². The molecule has 0 aliphatic carbocycles. The Labute approximate surface area is 176 Å². The fourth-order valence-electron chi connectivity index (χ4n) is 4.57. The van der Waals surface area contributed by atoms with Crippen LogP contribution in [0.4, 0.5) is 0 Å². The van der Waals surface area contributed by atoms with Crippen LogP contribution in [0, 0.1) is 13.8 Å². The number of carbonyl (C=O) groups is 1. The van der Waals surface area contributed by atoms with Gasteiger partial charge in [-0.2, -0.15) is 9.78 Å².